The van der Waals surface area contributed by atoms with Gasteiger partial charge in [0, 0.05) is 24.7 Å². The zero-order chi connectivity index (χ0) is 22.4. The van der Waals surface area contributed by atoms with E-state index in [0.717, 1.165) is 5.56 Å². The number of nitrogens with one attached hydrogen (secondary N) is 2. The van der Waals surface area contributed by atoms with Crippen molar-refractivity contribution in [1.82, 2.24) is 15.5 Å². The molecular formula is C24H31N3O4. The Morgan fingerprint density at radius 2 is 1.84 bits per heavy atom. The Kier molecular flexibility index (Phi) is 7.50. The summed E-state index contributed by atoms with van der Waals surface area (Å²) in [6, 6.07) is 8.38. The molecule has 2 N–H and O–H groups in total. The van der Waals surface area contributed by atoms with E-state index >= 15 is 0 Å². The average Bonchev–Trinajstić information content (AvgIpc) is 3.28. The molecule has 1 atom stereocenters. The van der Waals surface area contributed by atoms with E-state index in [1.54, 1.807) is 17.0 Å². The van der Waals surface area contributed by atoms with Crippen LogP contribution in [0.25, 0.3) is 0 Å². The van der Waals surface area contributed by atoms with Gasteiger partial charge >= 0.3 is 0 Å². The second-order valence-corrected chi connectivity index (χ2v) is 8.56. The first-order valence-corrected chi connectivity index (χ1v) is 10.8. The zero-order valence-corrected chi connectivity index (χ0v) is 18.4. The summed E-state index contributed by atoms with van der Waals surface area (Å²) >= 11 is 0. The van der Waals surface area contributed by atoms with Crippen molar-refractivity contribution in [1.29, 1.82) is 0 Å². The van der Waals surface area contributed by atoms with Crippen LogP contribution >= 0.6 is 0 Å². The molecule has 2 aromatic rings. The monoisotopic (exact) mass is 425 g/mol. The van der Waals surface area contributed by atoms with Crippen molar-refractivity contribution in [3.05, 3.63) is 59.5 Å². The van der Waals surface area contributed by atoms with Crippen LogP contribution in [0.4, 0.5) is 0 Å². The molecule has 7 heteroatoms. The normalized spacial score (nSPS) is 15.5. The van der Waals surface area contributed by atoms with Gasteiger partial charge in [-0.15, -0.1) is 0 Å². The van der Waals surface area contributed by atoms with E-state index in [1.807, 2.05) is 39.0 Å². The number of hydrogen-bond acceptors (Lipinski definition) is 4. The smallest absolute Gasteiger partial charge is 0.257 e. The number of benzene rings is 1. The predicted molar refractivity (Wildman–Crippen MR) is 118 cm³/mol. The van der Waals surface area contributed by atoms with E-state index in [9.17, 15) is 14.4 Å². The van der Waals surface area contributed by atoms with Crippen LogP contribution in [0.5, 0.6) is 0 Å². The highest BCUT2D eigenvalue weighted by molar-refractivity contribution is 5.98. The van der Waals surface area contributed by atoms with Gasteiger partial charge < -0.3 is 20.0 Å². The number of carbonyl (C=O) groups is 3. The summed E-state index contributed by atoms with van der Waals surface area (Å²) < 4.78 is 4.99. The van der Waals surface area contributed by atoms with Gasteiger partial charge in [0.25, 0.3) is 11.8 Å². The minimum absolute atomic E-state index is 0.0223. The maximum absolute atomic E-state index is 13.0. The summed E-state index contributed by atoms with van der Waals surface area (Å²) in [4.78, 5) is 39.9. The molecule has 31 heavy (non-hydrogen) atoms. The molecule has 0 saturated carbocycles. The van der Waals surface area contributed by atoms with Crippen molar-refractivity contribution in [2.24, 2.45) is 5.92 Å². The van der Waals surface area contributed by atoms with E-state index in [4.69, 9.17) is 4.42 Å². The first kappa shape index (κ1) is 22.6. The molecule has 1 unspecified atom stereocenters. The van der Waals surface area contributed by atoms with Crippen LogP contribution in [0.3, 0.4) is 0 Å². The van der Waals surface area contributed by atoms with Gasteiger partial charge in [-0.1, -0.05) is 32.0 Å². The predicted octanol–water partition coefficient (Wildman–Crippen LogP) is 3.15. The molecule has 1 fully saturated rings. The lowest BCUT2D eigenvalue weighted by atomic mass is 9.99. The highest BCUT2D eigenvalue weighted by Gasteiger charge is 2.28. The second-order valence-electron chi connectivity index (χ2n) is 8.56. The van der Waals surface area contributed by atoms with E-state index in [1.165, 1.54) is 12.5 Å². The Morgan fingerprint density at radius 3 is 2.45 bits per heavy atom. The fourth-order valence-electron chi connectivity index (χ4n) is 3.86. The maximum Gasteiger partial charge on any atom is 0.257 e. The molecule has 0 radical (unpaired) electrons. The van der Waals surface area contributed by atoms with E-state index in [0.29, 0.717) is 43.5 Å². The Bertz CT molecular complexity index is 899. The van der Waals surface area contributed by atoms with Gasteiger partial charge in [-0.2, -0.15) is 0 Å². The second kappa shape index (κ2) is 10.3. The van der Waals surface area contributed by atoms with Crippen LogP contribution in [-0.2, 0) is 4.79 Å². The fraction of sp³-hybridized carbons (Fsp3) is 0.458. The molecule has 0 aliphatic carbocycles. The summed E-state index contributed by atoms with van der Waals surface area (Å²) in [5.41, 5.74) is 1.99. The van der Waals surface area contributed by atoms with Gasteiger partial charge in [-0.25, -0.2) is 0 Å². The fourth-order valence-corrected chi connectivity index (χ4v) is 3.86. The van der Waals surface area contributed by atoms with Gasteiger partial charge in [-0.05, 0) is 49.8 Å². The number of aryl methyl sites for hydroxylation is 1. The maximum atomic E-state index is 13.0. The first-order chi connectivity index (χ1) is 14.8. The van der Waals surface area contributed by atoms with Crippen molar-refractivity contribution < 1.29 is 18.8 Å². The van der Waals surface area contributed by atoms with Crippen molar-refractivity contribution >= 4 is 17.7 Å². The van der Waals surface area contributed by atoms with Gasteiger partial charge in [0.2, 0.25) is 5.91 Å². The molecule has 1 aliphatic rings. The van der Waals surface area contributed by atoms with Gasteiger partial charge in [0.05, 0.1) is 11.8 Å². The lowest BCUT2D eigenvalue weighted by Crippen LogP contribution is -2.53. The number of nitrogens with zero attached hydrogens (tertiary/aromatic N) is 1. The lowest BCUT2D eigenvalue weighted by molar-refractivity contribution is -0.124. The summed E-state index contributed by atoms with van der Waals surface area (Å²) in [7, 11) is 0. The molecule has 1 saturated heterocycles. The summed E-state index contributed by atoms with van der Waals surface area (Å²) in [6.45, 7) is 7.07. The van der Waals surface area contributed by atoms with Crippen LogP contribution < -0.4 is 10.6 Å². The molecule has 1 aliphatic heterocycles. The topological polar surface area (TPSA) is 91.7 Å². The third kappa shape index (κ3) is 5.96. The van der Waals surface area contributed by atoms with Crippen LogP contribution in [-0.4, -0.2) is 47.8 Å². The average molecular weight is 426 g/mol. The van der Waals surface area contributed by atoms with Crippen molar-refractivity contribution in [2.45, 2.75) is 52.1 Å². The SMILES string of the molecule is Cc1ccccc1C(=O)NC(CC(C)C)C(=O)NC1CCN(C(=O)c2ccoc2)CC1. The Balaban J connectivity index is 1.56. The van der Waals surface area contributed by atoms with E-state index in [2.05, 4.69) is 10.6 Å². The number of rotatable bonds is 7. The van der Waals surface area contributed by atoms with Crippen molar-refractivity contribution in [2.75, 3.05) is 13.1 Å². The largest absolute Gasteiger partial charge is 0.472 e. The van der Waals surface area contributed by atoms with Gasteiger partial charge in [0.15, 0.2) is 0 Å². The highest BCUT2D eigenvalue weighted by atomic mass is 16.3. The number of piperidine rings is 1. The summed E-state index contributed by atoms with van der Waals surface area (Å²) in [6.07, 6.45) is 4.84. The molecule has 1 aromatic carbocycles. The number of carbonyl (C=O) groups excluding carboxylic acids is 3. The summed E-state index contributed by atoms with van der Waals surface area (Å²) in [5, 5.41) is 5.99. The number of likely N-dealkylation sites (tertiary alicyclic amines) is 1. The number of hydrogen-bond donors (Lipinski definition) is 2. The molecule has 3 rings (SSSR count). The van der Waals surface area contributed by atoms with Crippen LogP contribution in [0.2, 0.25) is 0 Å². The van der Waals surface area contributed by atoms with Gasteiger partial charge in [-0.3, -0.25) is 14.4 Å². The molecule has 1 aromatic heterocycles. The molecule has 2 heterocycles. The molecule has 0 spiro atoms. The molecular weight excluding hydrogens is 394 g/mol. The Hall–Kier alpha value is -3.09. The zero-order valence-electron chi connectivity index (χ0n) is 18.4. The summed E-state index contributed by atoms with van der Waals surface area (Å²) in [5.74, 6) is -0.210. The Labute approximate surface area is 183 Å². The molecule has 3 amide bonds. The lowest BCUT2D eigenvalue weighted by Gasteiger charge is -2.33. The highest BCUT2D eigenvalue weighted by Crippen LogP contribution is 2.16. The van der Waals surface area contributed by atoms with Crippen LogP contribution in [0.15, 0.2) is 47.3 Å². The van der Waals surface area contributed by atoms with Crippen molar-refractivity contribution in [3.8, 4) is 0 Å². The van der Waals surface area contributed by atoms with Crippen LogP contribution in [0, 0.1) is 12.8 Å². The number of furan rings is 1. The minimum atomic E-state index is -0.599. The quantitative estimate of drug-likeness (QED) is 0.713. The molecule has 7 nitrogen and oxygen atoms in total. The molecule has 166 valence electrons. The Morgan fingerprint density at radius 1 is 1.13 bits per heavy atom. The minimum Gasteiger partial charge on any atom is -0.472 e. The number of amides is 3. The van der Waals surface area contributed by atoms with Gasteiger partial charge in [0.1, 0.15) is 12.3 Å². The van der Waals surface area contributed by atoms with E-state index in [-0.39, 0.29) is 29.7 Å². The third-order valence-corrected chi connectivity index (χ3v) is 5.62. The standard InChI is InChI=1S/C24H31N3O4/c1-16(2)14-21(26-22(28)20-7-5-4-6-17(20)3)23(29)25-19-8-11-27(12-9-19)24(30)18-10-13-31-15-18/h4-7,10,13,15-16,19,21H,8-9,11-12,14H2,1-3H3,(H,25,29)(H,26,28). The van der Waals surface area contributed by atoms with Crippen LogP contribution in [0.1, 0.15) is 59.4 Å². The molecule has 0 bridgehead atoms. The van der Waals surface area contributed by atoms with E-state index < -0.39 is 6.04 Å². The first-order valence-electron chi connectivity index (χ1n) is 10.8. The van der Waals surface area contributed by atoms with Crippen molar-refractivity contribution in [3.63, 3.8) is 0 Å². The third-order valence-electron chi connectivity index (χ3n) is 5.62.